The van der Waals surface area contributed by atoms with Crippen LogP contribution in [0.3, 0.4) is 0 Å². The fourth-order valence-corrected chi connectivity index (χ4v) is 1.87. The summed E-state index contributed by atoms with van der Waals surface area (Å²) in [5.41, 5.74) is 1.11. The van der Waals surface area contributed by atoms with E-state index in [4.69, 9.17) is 0 Å². The number of unbranched alkanes of at least 4 members (excludes halogenated alkanes) is 1. The molecule has 0 radical (unpaired) electrons. The third-order valence-corrected chi connectivity index (χ3v) is 3.29. The number of nitrogens with one attached hydrogen (secondary N) is 1. The number of nitrogens with zero attached hydrogens (tertiary/aromatic N) is 1. The van der Waals surface area contributed by atoms with Gasteiger partial charge in [0.15, 0.2) is 0 Å². The lowest BCUT2D eigenvalue weighted by Gasteiger charge is -2.18. The van der Waals surface area contributed by atoms with Crippen molar-refractivity contribution in [2.45, 2.75) is 26.3 Å². The van der Waals surface area contributed by atoms with Crippen molar-refractivity contribution in [3.05, 3.63) is 34.3 Å². The number of benzene rings is 1. The van der Waals surface area contributed by atoms with Gasteiger partial charge in [0.1, 0.15) is 0 Å². The van der Waals surface area contributed by atoms with Gasteiger partial charge in [-0.25, -0.2) is 4.79 Å². The first kappa shape index (κ1) is 14.0. The van der Waals surface area contributed by atoms with Crippen LogP contribution in [0.25, 0.3) is 0 Å². The zero-order valence-corrected chi connectivity index (χ0v) is 12.0. The molecule has 0 aliphatic heterocycles. The number of amides is 2. The summed E-state index contributed by atoms with van der Waals surface area (Å²) < 4.78 is 1.04. The molecule has 0 fully saturated rings. The van der Waals surface area contributed by atoms with E-state index >= 15 is 0 Å². The van der Waals surface area contributed by atoms with Crippen molar-refractivity contribution in [3.8, 4) is 0 Å². The van der Waals surface area contributed by atoms with Gasteiger partial charge in [0, 0.05) is 24.6 Å². The van der Waals surface area contributed by atoms with Crippen molar-refractivity contribution in [2.75, 3.05) is 13.6 Å². The molecule has 0 saturated heterocycles. The van der Waals surface area contributed by atoms with Gasteiger partial charge in [-0.15, -0.1) is 0 Å². The number of halogens is 1. The smallest absolute Gasteiger partial charge is 0.317 e. The summed E-state index contributed by atoms with van der Waals surface area (Å²) in [4.78, 5) is 13.4. The molecule has 0 unspecified atom stereocenters. The molecule has 0 bridgehead atoms. The van der Waals surface area contributed by atoms with Gasteiger partial charge in [-0.3, -0.25) is 0 Å². The minimum absolute atomic E-state index is 0.0193. The summed E-state index contributed by atoms with van der Waals surface area (Å²) in [6, 6.07) is 7.92. The Labute approximate surface area is 111 Å². The maximum Gasteiger partial charge on any atom is 0.317 e. The van der Waals surface area contributed by atoms with Crippen LogP contribution in [-0.4, -0.2) is 24.5 Å². The van der Waals surface area contributed by atoms with Gasteiger partial charge in [-0.2, -0.15) is 0 Å². The fraction of sp³-hybridized carbons (Fsp3) is 0.462. The summed E-state index contributed by atoms with van der Waals surface area (Å²) in [5, 5.41) is 2.89. The van der Waals surface area contributed by atoms with Gasteiger partial charge < -0.3 is 10.2 Å². The average molecular weight is 299 g/mol. The minimum Gasteiger partial charge on any atom is -0.338 e. The molecule has 0 aromatic heterocycles. The molecule has 0 heterocycles. The van der Waals surface area contributed by atoms with Gasteiger partial charge in [0.25, 0.3) is 0 Å². The molecule has 1 rings (SSSR count). The molecule has 0 aliphatic rings. The van der Waals surface area contributed by atoms with Gasteiger partial charge >= 0.3 is 6.03 Å². The quantitative estimate of drug-likeness (QED) is 0.830. The zero-order chi connectivity index (χ0) is 12.7. The fourth-order valence-electron chi connectivity index (χ4n) is 1.46. The summed E-state index contributed by atoms with van der Waals surface area (Å²) >= 11 is 3.48. The van der Waals surface area contributed by atoms with E-state index in [0.717, 1.165) is 29.4 Å². The minimum atomic E-state index is -0.0193. The Morgan fingerprint density at radius 1 is 1.41 bits per heavy atom. The molecule has 2 amide bonds. The maximum absolute atomic E-state index is 11.7. The Balaban J connectivity index is 2.46. The number of rotatable bonds is 5. The number of carbonyl (C=O) groups is 1. The van der Waals surface area contributed by atoms with Crippen LogP contribution in [0, 0.1) is 0 Å². The molecule has 1 aromatic carbocycles. The number of hydrogen-bond acceptors (Lipinski definition) is 1. The SMILES string of the molecule is CCCCNC(=O)N(C)Cc1ccccc1Br. The van der Waals surface area contributed by atoms with Gasteiger partial charge in [-0.1, -0.05) is 47.5 Å². The highest BCUT2D eigenvalue weighted by atomic mass is 79.9. The van der Waals surface area contributed by atoms with Gasteiger partial charge in [0.05, 0.1) is 0 Å². The number of hydrogen-bond donors (Lipinski definition) is 1. The monoisotopic (exact) mass is 298 g/mol. The lowest BCUT2D eigenvalue weighted by atomic mass is 10.2. The molecular formula is C13H19BrN2O. The first-order valence-corrected chi connectivity index (χ1v) is 6.66. The van der Waals surface area contributed by atoms with Crippen LogP contribution in [-0.2, 0) is 6.54 Å². The van der Waals surface area contributed by atoms with Gasteiger partial charge in [-0.05, 0) is 18.1 Å². The van der Waals surface area contributed by atoms with Crippen molar-refractivity contribution >= 4 is 22.0 Å². The summed E-state index contributed by atoms with van der Waals surface area (Å²) in [7, 11) is 1.81. The third kappa shape index (κ3) is 4.77. The Hall–Kier alpha value is -1.03. The highest BCUT2D eigenvalue weighted by Gasteiger charge is 2.09. The molecule has 1 N–H and O–H groups in total. The van der Waals surface area contributed by atoms with Gasteiger partial charge in [0.2, 0.25) is 0 Å². The van der Waals surface area contributed by atoms with E-state index in [1.54, 1.807) is 11.9 Å². The molecule has 0 spiro atoms. The standard InChI is InChI=1S/C13H19BrN2O/c1-3-4-9-15-13(17)16(2)10-11-7-5-6-8-12(11)14/h5-8H,3-4,9-10H2,1-2H3,(H,15,17). The molecule has 1 aromatic rings. The lowest BCUT2D eigenvalue weighted by molar-refractivity contribution is 0.206. The van der Waals surface area contributed by atoms with E-state index in [-0.39, 0.29) is 6.03 Å². The molecule has 94 valence electrons. The largest absolute Gasteiger partial charge is 0.338 e. The second kappa shape index (κ2) is 7.33. The van der Waals surface area contributed by atoms with Crippen LogP contribution in [0.4, 0.5) is 4.79 Å². The summed E-state index contributed by atoms with van der Waals surface area (Å²) in [6.45, 7) is 3.46. The van der Waals surface area contributed by atoms with E-state index in [1.165, 1.54) is 0 Å². The van der Waals surface area contributed by atoms with E-state index in [9.17, 15) is 4.79 Å². The topological polar surface area (TPSA) is 32.3 Å². The van der Waals surface area contributed by atoms with Crippen molar-refractivity contribution < 1.29 is 4.79 Å². The zero-order valence-electron chi connectivity index (χ0n) is 10.4. The molecule has 0 atom stereocenters. The molecule has 0 saturated carbocycles. The van der Waals surface area contributed by atoms with Crippen molar-refractivity contribution in [1.29, 1.82) is 0 Å². The Morgan fingerprint density at radius 3 is 2.76 bits per heavy atom. The maximum atomic E-state index is 11.7. The lowest BCUT2D eigenvalue weighted by Crippen LogP contribution is -2.37. The van der Waals surface area contributed by atoms with E-state index in [0.29, 0.717) is 6.54 Å². The van der Waals surface area contributed by atoms with Crippen LogP contribution >= 0.6 is 15.9 Å². The second-order valence-electron chi connectivity index (χ2n) is 4.03. The van der Waals surface area contributed by atoms with Crippen molar-refractivity contribution in [2.24, 2.45) is 0 Å². The molecule has 17 heavy (non-hydrogen) atoms. The highest BCUT2D eigenvalue weighted by Crippen LogP contribution is 2.17. The number of carbonyl (C=O) groups excluding carboxylic acids is 1. The predicted molar refractivity (Wildman–Crippen MR) is 73.9 cm³/mol. The van der Waals surface area contributed by atoms with E-state index in [2.05, 4.69) is 28.2 Å². The van der Waals surface area contributed by atoms with Crippen molar-refractivity contribution in [3.63, 3.8) is 0 Å². The Morgan fingerprint density at radius 2 is 2.12 bits per heavy atom. The Bertz CT molecular complexity index is 368. The molecule has 0 aliphatic carbocycles. The van der Waals surface area contributed by atoms with Crippen LogP contribution in [0.5, 0.6) is 0 Å². The van der Waals surface area contributed by atoms with Crippen LogP contribution in [0.15, 0.2) is 28.7 Å². The van der Waals surface area contributed by atoms with Crippen LogP contribution in [0.1, 0.15) is 25.3 Å². The summed E-state index contributed by atoms with van der Waals surface area (Å²) in [6.07, 6.45) is 2.11. The van der Waals surface area contributed by atoms with Crippen LogP contribution < -0.4 is 5.32 Å². The predicted octanol–water partition coefficient (Wildman–Crippen LogP) is 3.39. The van der Waals surface area contributed by atoms with E-state index < -0.39 is 0 Å². The number of urea groups is 1. The third-order valence-electron chi connectivity index (χ3n) is 2.52. The van der Waals surface area contributed by atoms with E-state index in [1.807, 2.05) is 24.3 Å². The highest BCUT2D eigenvalue weighted by molar-refractivity contribution is 9.10. The Kier molecular flexibility index (Phi) is 6.05. The molecule has 4 heteroatoms. The molecule has 3 nitrogen and oxygen atoms in total. The van der Waals surface area contributed by atoms with Crippen LogP contribution in [0.2, 0.25) is 0 Å². The second-order valence-corrected chi connectivity index (χ2v) is 4.89. The average Bonchev–Trinajstić information content (AvgIpc) is 2.32. The normalized spacial score (nSPS) is 10.1. The first-order chi connectivity index (χ1) is 8.15. The first-order valence-electron chi connectivity index (χ1n) is 5.87. The molecular weight excluding hydrogens is 280 g/mol. The summed E-state index contributed by atoms with van der Waals surface area (Å²) in [5.74, 6) is 0. The van der Waals surface area contributed by atoms with Crippen molar-refractivity contribution in [1.82, 2.24) is 10.2 Å².